The van der Waals surface area contributed by atoms with Crippen LogP contribution in [0.3, 0.4) is 0 Å². The molecule has 14 heavy (non-hydrogen) atoms. The summed E-state index contributed by atoms with van der Waals surface area (Å²) in [4.78, 5) is 0. The number of hydrogen-bond donors (Lipinski definition) is 1. The van der Waals surface area contributed by atoms with Gasteiger partial charge in [-0.25, -0.2) is 0 Å². The molecule has 0 saturated heterocycles. The number of hydrogen-bond acceptors (Lipinski definition) is 1. The zero-order valence-corrected chi connectivity index (χ0v) is 8.45. The molecular weight excluding hydrogens is 170 g/mol. The molecule has 1 aromatic carbocycles. The lowest BCUT2D eigenvalue weighted by Crippen LogP contribution is -2.41. The highest BCUT2D eigenvalue weighted by atomic mass is 14.8. The van der Waals surface area contributed by atoms with Crippen LogP contribution in [0.1, 0.15) is 31.2 Å². The Morgan fingerprint density at radius 3 is 2.57 bits per heavy atom. The van der Waals surface area contributed by atoms with Gasteiger partial charge in [0.15, 0.2) is 0 Å². The minimum atomic E-state index is 0.339. The zero-order valence-electron chi connectivity index (χ0n) is 8.45. The second kappa shape index (κ2) is 2.83. The van der Waals surface area contributed by atoms with E-state index in [0.717, 1.165) is 5.92 Å². The van der Waals surface area contributed by atoms with Crippen LogP contribution >= 0.6 is 0 Å². The van der Waals surface area contributed by atoms with Crippen molar-refractivity contribution in [3.8, 4) is 0 Å². The Labute approximate surface area is 85.3 Å². The highest BCUT2D eigenvalue weighted by Crippen LogP contribution is 2.54. The van der Waals surface area contributed by atoms with Crippen LogP contribution < -0.4 is 5.73 Å². The van der Waals surface area contributed by atoms with E-state index in [0.29, 0.717) is 11.5 Å². The predicted molar refractivity (Wildman–Crippen MR) is 58.1 cm³/mol. The molecule has 0 aliphatic heterocycles. The fourth-order valence-corrected chi connectivity index (χ4v) is 3.55. The quantitative estimate of drug-likeness (QED) is 0.718. The van der Waals surface area contributed by atoms with Crippen LogP contribution in [0.15, 0.2) is 30.3 Å². The van der Waals surface area contributed by atoms with Crippen LogP contribution in [0.2, 0.25) is 0 Å². The molecule has 3 atom stereocenters. The molecule has 2 N–H and O–H groups in total. The fraction of sp³-hybridized carbons (Fsp3) is 0.538. The second-order valence-electron chi connectivity index (χ2n) is 4.97. The molecular formula is C13H17N. The highest BCUT2D eigenvalue weighted by molar-refractivity contribution is 5.31. The van der Waals surface area contributed by atoms with E-state index in [2.05, 4.69) is 30.3 Å². The van der Waals surface area contributed by atoms with Gasteiger partial charge in [-0.2, -0.15) is 0 Å². The lowest BCUT2D eigenvalue weighted by molar-refractivity contribution is 0.359. The number of fused-ring (bicyclic) bond motifs is 2. The van der Waals surface area contributed by atoms with E-state index >= 15 is 0 Å². The first-order chi connectivity index (χ1) is 6.81. The first-order valence-corrected chi connectivity index (χ1v) is 5.62. The Balaban J connectivity index is 2.04. The Morgan fingerprint density at radius 1 is 1.21 bits per heavy atom. The Hall–Kier alpha value is -0.820. The number of rotatable bonds is 1. The van der Waals surface area contributed by atoms with Gasteiger partial charge < -0.3 is 5.73 Å². The third-order valence-corrected chi connectivity index (χ3v) is 4.30. The molecule has 0 amide bonds. The second-order valence-corrected chi connectivity index (χ2v) is 4.97. The van der Waals surface area contributed by atoms with Gasteiger partial charge in [-0.1, -0.05) is 30.3 Å². The summed E-state index contributed by atoms with van der Waals surface area (Å²) in [6.07, 6.45) is 5.28. The van der Waals surface area contributed by atoms with Crippen molar-refractivity contribution in [3.05, 3.63) is 35.9 Å². The van der Waals surface area contributed by atoms with Gasteiger partial charge in [-0.05, 0) is 37.2 Å². The molecule has 2 bridgehead atoms. The zero-order chi connectivity index (χ0) is 9.60. The van der Waals surface area contributed by atoms with Gasteiger partial charge in [0.05, 0.1) is 0 Å². The summed E-state index contributed by atoms with van der Waals surface area (Å²) in [6.45, 7) is 0. The standard InChI is InChI=1S/C13H17N/c14-12-8-10-6-7-13(12,9-10)11-4-2-1-3-5-11/h1-5,10,12H,6-9,14H2. The van der Waals surface area contributed by atoms with Crippen molar-refractivity contribution in [2.75, 3.05) is 0 Å². The molecule has 2 aliphatic carbocycles. The summed E-state index contributed by atoms with van der Waals surface area (Å²) < 4.78 is 0. The summed E-state index contributed by atoms with van der Waals surface area (Å²) in [6, 6.07) is 11.3. The van der Waals surface area contributed by atoms with Crippen LogP contribution in [-0.2, 0) is 5.41 Å². The summed E-state index contributed by atoms with van der Waals surface area (Å²) in [5.74, 6) is 0.908. The summed E-state index contributed by atoms with van der Waals surface area (Å²) in [5.41, 5.74) is 8.11. The first kappa shape index (κ1) is 8.49. The van der Waals surface area contributed by atoms with Gasteiger partial charge in [0, 0.05) is 11.5 Å². The average Bonchev–Trinajstić information content (AvgIpc) is 2.77. The highest BCUT2D eigenvalue weighted by Gasteiger charge is 2.51. The molecule has 1 heteroatoms. The average molecular weight is 187 g/mol. The van der Waals surface area contributed by atoms with Crippen molar-refractivity contribution >= 4 is 0 Å². The summed E-state index contributed by atoms with van der Waals surface area (Å²) in [7, 11) is 0. The molecule has 0 heterocycles. The predicted octanol–water partition coefficient (Wildman–Crippen LogP) is 2.46. The van der Waals surface area contributed by atoms with Gasteiger partial charge in [0.25, 0.3) is 0 Å². The number of nitrogens with two attached hydrogens (primary N) is 1. The van der Waals surface area contributed by atoms with Crippen LogP contribution in [0.4, 0.5) is 0 Å². The third-order valence-electron chi connectivity index (χ3n) is 4.30. The maximum absolute atomic E-state index is 6.29. The lowest BCUT2D eigenvalue weighted by Gasteiger charge is -2.33. The van der Waals surface area contributed by atoms with Gasteiger partial charge in [0.1, 0.15) is 0 Å². The third kappa shape index (κ3) is 0.992. The van der Waals surface area contributed by atoms with E-state index in [1.54, 1.807) is 0 Å². The van der Waals surface area contributed by atoms with Crippen molar-refractivity contribution in [2.45, 2.75) is 37.1 Å². The van der Waals surface area contributed by atoms with Crippen LogP contribution in [0.5, 0.6) is 0 Å². The minimum Gasteiger partial charge on any atom is -0.327 e. The Kier molecular flexibility index (Phi) is 1.72. The molecule has 1 nitrogen and oxygen atoms in total. The molecule has 2 fully saturated rings. The van der Waals surface area contributed by atoms with Crippen molar-refractivity contribution in [2.24, 2.45) is 11.7 Å². The SMILES string of the molecule is NC1CC2CCC1(c1ccccc1)C2. The van der Waals surface area contributed by atoms with E-state index in [-0.39, 0.29) is 0 Å². The maximum atomic E-state index is 6.29. The Morgan fingerprint density at radius 2 is 2.00 bits per heavy atom. The van der Waals surface area contributed by atoms with Crippen molar-refractivity contribution in [3.63, 3.8) is 0 Å². The smallest absolute Gasteiger partial charge is 0.0139 e. The monoisotopic (exact) mass is 187 g/mol. The van der Waals surface area contributed by atoms with E-state index < -0.39 is 0 Å². The lowest BCUT2D eigenvalue weighted by atomic mass is 9.74. The first-order valence-electron chi connectivity index (χ1n) is 5.62. The van der Waals surface area contributed by atoms with E-state index in [1.165, 1.54) is 31.2 Å². The maximum Gasteiger partial charge on any atom is 0.0139 e. The van der Waals surface area contributed by atoms with Gasteiger partial charge in [0.2, 0.25) is 0 Å². The topological polar surface area (TPSA) is 26.0 Å². The van der Waals surface area contributed by atoms with E-state index in [1.807, 2.05) is 0 Å². The molecule has 0 aromatic heterocycles. The van der Waals surface area contributed by atoms with Crippen molar-refractivity contribution in [1.82, 2.24) is 0 Å². The summed E-state index contributed by atoms with van der Waals surface area (Å²) in [5, 5.41) is 0. The largest absolute Gasteiger partial charge is 0.327 e. The molecule has 2 aliphatic rings. The summed E-state index contributed by atoms with van der Waals surface area (Å²) >= 11 is 0. The van der Waals surface area contributed by atoms with Crippen molar-refractivity contribution in [1.29, 1.82) is 0 Å². The molecule has 0 radical (unpaired) electrons. The van der Waals surface area contributed by atoms with Gasteiger partial charge in [-0.15, -0.1) is 0 Å². The number of benzene rings is 1. The normalized spacial score (nSPS) is 40.4. The van der Waals surface area contributed by atoms with Crippen LogP contribution in [0, 0.1) is 5.92 Å². The molecule has 0 spiro atoms. The molecule has 1 aromatic rings. The molecule has 3 rings (SSSR count). The van der Waals surface area contributed by atoms with Gasteiger partial charge >= 0.3 is 0 Å². The van der Waals surface area contributed by atoms with Crippen LogP contribution in [0.25, 0.3) is 0 Å². The van der Waals surface area contributed by atoms with E-state index in [9.17, 15) is 0 Å². The fourth-order valence-electron chi connectivity index (χ4n) is 3.55. The minimum absolute atomic E-state index is 0.339. The van der Waals surface area contributed by atoms with E-state index in [4.69, 9.17) is 5.73 Å². The van der Waals surface area contributed by atoms with Crippen molar-refractivity contribution < 1.29 is 0 Å². The van der Waals surface area contributed by atoms with Gasteiger partial charge in [-0.3, -0.25) is 0 Å². The molecule has 74 valence electrons. The molecule has 3 unspecified atom stereocenters. The van der Waals surface area contributed by atoms with Crippen LogP contribution in [-0.4, -0.2) is 6.04 Å². The Bertz CT molecular complexity index is 332. The molecule has 2 saturated carbocycles.